The zero-order valence-corrected chi connectivity index (χ0v) is 24.8. The number of morpholine rings is 1. The van der Waals surface area contributed by atoms with Crippen LogP contribution in [0, 0.1) is 6.92 Å². The fourth-order valence-electron chi connectivity index (χ4n) is 5.27. The molecule has 0 bridgehead atoms. The summed E-state index contributed by atoms with van der Waals surface area (Å²) in [6, 6.07) is 15.3. The van der Waals surface area contributed by atoms with Gasteiger partial charge in [0.05, 0.1) is 29.0 Å². The number of halogens is 1. The lowest BCUT2D eigenvalue weighted by molar-refractivity contribution is -0.118. The highest BCUT2D eigenvalue weighted by Crippen LogP contribution is 2.34. The molecule has 4 aromatic rings. The number of anilines is 2. The van der Waals surface area contributed by atoms with Crippen LogP contribution in [0.25, 0.3) is 10.2 Å². The van der Waals surface area contributed by atoms with Gasteiger partial charge in [0.15, 0.2) is 0 Å². The van der Waals surface area contributed by atoms with E-state index in [0.29, 0.717) is 47.4 Å². The van der Waals surface area contributed by atoms with Crippen LogP contribution in [0.15, 0.2) is 63.9 Å². The van der Waals surface area contributed by atoms with Crippen LogP contribution in [0.2, 0.25) is 0 Å². The fourth-order valence-corrected chi connectivity index (χ4v) is 6.46. The largest absolute Gasteiger partial charge is 0.379 e. The highest BCUT2D eigenvalue weighted by Gasteiger charge is 2.39. The van der Waals surface area contributed by atoms with E-state index >= 15 is 0 Å². The second-order valence-corrected chi connectivity index (χ2v) is 11.9. The minimum Gasteiger partial charge on any atom is -0.379 e. The van der Waals surface area contributed by atoms with Crippen molar-refractivity contribution in [3.8, 4) is 0 Å². The summed E-state index contributed by atoms with van der Waals surface area (Å²) in [5.41, 5.74) is 5.41. The summed E-state index contributed by atoms with van der Waals surface area (Å²) in [5, 5.41) is 4.68. The number of ether oxygens (including phenoxy) is 1. The molecule has 2 aromatic heterocycles. The third-order valence-corrected chi connectivity index (χ3v) is 8.94. The highest BCUT2D eigenvalue weighted by molar-refractivity contribution is 9.10. The lowest BCUT2D eigenvalue weighted by Crippen LogP contribution is -2.54. The molecule has 0 unspecified atom stereocenters. The number of rotatable bonds is 7. The summed E-state index contributed by atoms with van der Waals surface area (Å²) in [7, 11) is 0. The molecular weight excluding hydrogens is 608 g/mol. The van der Waals surface area contributed by atoms with Crippen molar-refractivity contribution in [3.63, 3.8) is 0 Å². The van der Waals surface area contributed by atoms with E-state index in [4.69, 9.17) is 4.74 Å². The first-order chi connectivity index (χ1) is 19.9. The maximum absolute atomic E-state index is 14.0. The van der Waals surface area contributed by atoms with Gasteiger partial charge < -0.3 is 14.6 Å². The predicted octanol–water partition coefficient (Wildman–Crippen LogP) is 4.10. The molecule has 2 aliphatic rings. The number of carbonyl (C=O) groups is 2. The van der Waals surface area contributed by atoms with Crippen molar-refractivity contribution in [1.82, 2.24) is 19.9 Å². The lowest BCUT2D eigenvalue weighted by atomic mass is 9.96. The predicted molar refractivity (Wildman–Crippen MR) is 162 cm³/mol. The summed E-state index contributed by atoms with van der Waals surface area (Å²) in [6.45, 7) is 6.24. The van der Waals surface area contributed by atoms with E-state index < -0.39 is 11.9 Å². The van der Waals surface area contributed by atoms with Crippen LogP contribution >= 0.6 is 27.3 Å². The van der Waals surface area contributed by atoms with E-state index in [1.54, 1.807) is 23.6 Å². The quantitative estimate of drug-likeness (QED) is 0.314. The Labute approximate surface area is 249 Å². The number of hydrogen-bond acceptors (Lipinski definition) is 8. The molecule has 41 heavy (non-hydrogen) atoms. The maximum Gasteiger partial charge on any atom is 0.276 e. The van der Waals surface area contributed by atoms with Crippen LogP contribution in [0.3, 0.4) is 0 Å². The number of amides is 2. The molecule has 0 aliphatic carbocycles. The number of hydrazine groups is 1. The van der Waals surface area contributed by atoms with Crippen LogP contribution in [-0.2, 0) is 16.1 Å². The fraction of sp³-hybridized carbons (Fsp3) is 0.310. The molecule has 1 fully saturated rings. The van der Waals surface area contributed by atoms with Gasteiger partial charge in [0.25, 0.3) is 11.5 Å². The standard InChI is InChI=1S/C29H29BrN6O4S/c1-18-25-21(17-24(37)35(18)12-4-11-34-13-15-40-16-14-34)26(27(38)31-20-9-7-19(30)8-10-20)33-36(28(25)39)29-32-22-5-2-3-6-23(22)41-29/h2-3,5-10,17,26,33H,4,11-16H2,1H3,(H,31,38)/t26-/m0/s1. The van der Waals surface area contributed by atoms with Crippen molar-refractivity contribution in [3.05, 3.63) is 86.2 Å². The Balaban J connectivity index is 1.36. The van der Waals surface area contributed by atoms with Crippen molar-refractivity contribution in [2.45, 2.75) is 25.9 Å². The number of thiazole rings is 1. The smallest absolute Gasteiger partial charge is 0.276 e. The summed E-state index contributed by atoms with van der Waals surface area (Å²) in [6.07, 6.45) is 0.751. The number of aromatic nitrogens is 2. The first-order valence-corrected chi connectivity index (χ1v) is 15.1. The number of benzene rings is 2. The van der Waals surface area contributed by atoms with E-state index in [-0.39, 0.29) is 11.5 Å². The topological polar surface area (TPSA) is 109 Å². The normalized spacial score (nSPS) is 17.6. The Bertz CT molecular complexity index is 1630. The third-order valence-electron chi connectivity index (χ3n) is 7.39. The third kappa shape index (κ3) is 5.70. The molecule has 12 heteroatoms. The van der Waals surface area contributed by atoms with Gasteiger partial charge in [0.2, 0.25) is 11.0 Å². The molecule has 2 aliphatic heterocycles. The first-order valence-electron chi connectivity index (χ1n) is 13.5. The summed E-state index contributed by atoms with van der Waals surface area (Å²) in [4.78, 5) is 48.0. The second kappa shape index (κ2) is 11.8. The van der Waals surface area contributed by atoms with Gasteiger partial charge in [-0.1, -0.05) is 39.4 Å². The van der Waals surface area contributed by atoms with Gasteiger partial charge in [-0.25, -0.2) is 15.4 Å². The summed E-state index contributed by atoms with van der Waals surface area (Å²) in [5.74, 6) is -0.748. The van der Waals surface area contributed by atoms with Crippen molar-refractivity contribution >= 4 is 60.1 Å². The SMILES string of the molecule is Cc1c2c(cc(=O)n1CCCN1CCOCC1)[C@@H](C(=O)Nc1ccc(Br)cc1)NN(c1nc3ccccc3s1)C2=O. The number of nitrogens with zero attached hydrogens (tertiary/aromatic N) is 4. The van der Waals surface area contributed by atoms with Crippen molar-refractivity contribution in [1.29, 1.82) is 0 Å². The minimum atomic E-state index is -0.993. The number of fused-ring (bicyclic) bond motifs is 2. The average molecular weight is 638 g/mol. The maximum atomic E-state index is 14.0. The summed E-state index contributed by atoms with van der Waals surface area (Å²) < 4.78 is 8.88. The Morgan fingerprint density at radius 3 is 2.63 bits per heavy atom. The van der Waals surface area contributed by atoms with E-state index in [9.17, 15) is 14.4 Å². The van der Waals surface area contributed by atoms with Gasteiger partial charge in [-0.3, -0.25) is 19.3 Å². The van der Waals surface area contributed by atoms with Gasteiger partial charge in [-0.05, 0) is 49.7 Å². The van der Waals surface area contributed by atoms with Gasteiger partial charge in [-0.15, -0.1) is 0 Å². The summed E-state index contributed by atoms with van der Waals surface area (Å²) >= 11 is 4.76. The lowest BCUT2D eigenvalue weighted by Gasteiger charge is -2.34. The molecule has 0 spiro atoms. The van der Waals surface area contributed by atoms with E-state index in [1.807, 2.05) is 36.4 Å². The molecule has 1 atom stereocenters. The molecule has 10 nitrogen and oxygen atoms in total. The Morgan fingerprint density at radius 2 is 1.88 bits per heavy atom. The highest BCUT2D eigenvalue weighted by atomic mass is 79.9. The van der Waals surface area contributed by atoms with E-state index in [0.717, 1.165) is 40.7 Å². The molecule has 0 radical (unpaired) electrons. The van der Waals surface area contributed by atoms with Crippen LogP contribution in [0.5, 0.6) is 0 Å². The molecule has 2 aromatic carbocycles. The van der Waals surface area contributed by atoms with Crippen molar-refractivity contribution < 1.29 is 14.3 Å². The first kappa shape index (κ1) is 27.7. The van der Waals surface area contributed by atoms with Crippen LogP contribution < -0.4 is 21.3 Å². The second-order valence-electron chi connectivity index (χ2n) is 10.0. The van der Waals surface area contributed by atoms with Crippen LogP contribution in [0.1, 0.15) is 34.1 Å². The Morgan fingerprint density at radius 1 is 1.12 bits per heavy atom. The number of nitrogens with one attached hydrogen (secondary N) is 2. The number of carbonyl (C=O) groups excluding carboxylic acids is 2. The van der Waals surface area contributed by atoms with Gasteiger partial charge in [0, 0.05) is 53.7 Å². The van der Waals surface area contributed by atoms with Crippen molar-refractivity contribution in [2.75, 3.05) is 43.2 Å². The van der Waals surface area contributed by atoms with Crippen LogP contribution in [0.4, 0.5) is 10.8 Å². The molecule has 2 amide bonds. The molecule has 4 heterocycles. The van der Waals surface area contributed by atoms with Crippen molar-refractivity contribution in [2.24, 2.45) is 0 Å². The van der Waals surface area contributed by atoms with Crippen LogP contribution in [-0.4, -0.2) is 59.1 Å². The van der Waals surface area contributed by atoms with Gasteiger partial charge in [0.1, 0.15) is 6.04 Å². The molecule has 6 rings (SSSR count). The molecular formula is C29H29BrN6O4S. The molecule has 212 valence electrons. The number of pyridine rings is 1. The minimum absolute atomic E-state index is 0.243. The zero-order chi connectivity index (χ0) is 28.5. The molecule has 0 saturated carbocycles. The molecule has 2 N–H and O–H groups in total. The number of hydrogen-bond donors (Lipinski definition) is 2. The Kier molecular flexibility index (Phi) is 8.00. The number of para-hydroxylation sites is 1. The average Bonchev–Trinajstić information content (AvgIpc) is 3.40. The van der Waals surface area contributed by atoms with E-state index in [1.165, 1.54) is 22.4 Å². The zero-order valence-electron chi connectivity index (χ0n) is 22.4. The monoisotopic (exact) mass is 636 g/mol. The van der Waals surface area contributed by atoms with Gasteiger partial charge in [-0.2, -0.15) is 0 Å². The Hall–Kier alpha value is -3.42. The van der Waals surface area contributed by atoms with Gasteiger partial charge >= 0.3 is 0 Å². The molecule has 1 saturated heterocycles. The van der Waals surface area contributed by atoms with E-state index in [2.05, 4.69) is 36.6 Å².